The van der Waals surface area contributed by atoms with Crippen LogP contribution in [0.4, 0.5) is 26.3 Å². The van der Waals surface area contributed by atoms with Gasteiger partial charge in [0.05, 0.1) is 0 Å². The largest absolute Gasteiger partial charge is 0.439 e. The Labute approximate surface area is 191 Å². The van der Waals surface area contributed by atoms with Crippen LogP contribution in [0.15, 0.2) is 48.5 Å². The molecule has 1 atom stereocenters. The Morgan fingerprint density at radius 2 is 1.36 bits per heavy atom. The van der Waals surface area contributed by atoms with E-state index < -0.39 is 24.2 Å². The summed E-state index contributed by atoms with van der Waals surface area (Å²) >= 11 is 0. The number of hydrogen-bond donors (Lipinski definition) is 0. The zero-order valence-electron chi connectivity index (χ0n) is 18.7. The van der Waals surface area contributed by atoms with Gasteiger partial charge in [-0.1, -0.05) is 69.0 Å². The van der Waals surface area contributed by atoms with E-state index in [0.717, 1.165) is 23.6 Å². The SMILES string of the molecule is CCCCCC1CCC(c2ccc(-c3ccc(OC(F)(F)C(F)C(F)(F)F)cc3)cc2)CC1. The highest BCUT2D eigenvalue weighted by molar-refractivity contribution is 5.64. The fourth-order valence-corrected chi connectivity index (χ4v) is 4.53. The highest BCUT2D eigenvalue weighted by Crippen LogP contribution is 2.39. The van der Waals surface area contributed by atoms with Gasteiger partial charge in [0.15, 0.2) is 0 Å². The number of ether oxygens (including phenoxy) is 1. The molecule has 1 unspecified atom stereocenters. The molecule has 0 heterocycles. The molecule has 1 aliphatic carbocycles. The van der Waals surface area contributed by atoms with Crippen LogP contribution in [0.25, 0.3) is 11.1 Å². The molecule has 1 nitrogen and oxygen atoms in total. The third-order valence-corrected chi connectivity index (χ3v) is 6.47. The van der Waals surface area contributed by atoms with Gasteiger partial charge in [-0.05, 0) is 66.3 Å². The Balaban J connectivity index is 1.57. The highest BCUT2D eigenvalue weighted by atomic mass is 19.4. The van der Waals surface area contributed by atoms with E-state index in [1.54, 1.807) is 0 Å². The zero-order valence-corrected chi connectivity index (χ0v) is 18.7. The number of rotatable bonds is 9. The number of benzene rings is 2. The summed E-state index contributed by atoms with van der Waals surface area (Å²) < 4.78 is 80.6. The van der Waals surface area contributed by atoms with Crippen LogP contribution in [0.5, 0.6) is 5.75 Å². The average molecular weight is 473 g/mol. The predicted molar refractivity (Wildman–Crippen MR) is 117 cm³/mol. The fraction of sp³-hybridized carbons (Fsp3) is 0.538. The molecule has 0 amide bonds. The molecular formula is C26H30F6O. The molecule has 0 radical (unpaired) electrons. The molecule has 0 aliphatic heterocycles. The van der Waals surface area contributed by atoms with Crippen LogP contribution in [0.1, 0.15) is 69.8 Å². The molecule has 0 saturated heterocycles. The molecule has 7 heteroatoms. The summed E-state index contributed by atoms with van der Waals surface area (Å²) in [6.45, 7) is 2.22. The first-order valence-electron chi connectivity index (χ1n) is 11.6. The van der Waals surface area contributed by atoms with Crippen molar-refractivity contribution in [2.75, 3.05) is 0 Å². The molecule has 3 rings (SSSR count). The molecule has 0 aromatic heterocycles. The lowest BCUT2D eigenvalue weighted by atomic mass is 9.77. The molecule has 0 spiro atoms. The maximum atomic E-state index is 13.4. The van der Waals surface area contributed by atoms with Gasteiger partial charge in [-0.25, -0.2) is 4.39 Å². The van der Waals surface area contributed by atoms with Crippen molar-refractivity contribution in [3.8, 4) is 16.9 Å². The molecule has 0 N–H and O–H groups in total. The Hall–Kier alpha value is -2.18. The molecule has 1 fully saturated rings. The van der Waals surface area contributed by atoms with Crippen molar-refractivity contribution in [3.63, 3.8) is 0 Å². The Morgan fingerprint density at radius 3 is 1.88 bits per heavy atom. The summed E-state index contributed by atoms with van der Waals surface area (Å²) in [6, 6.07) is 13.2. The van der Waals surface area contributed by atoms with Gasteiger partial charge in [-0.15, -0.1) is 0 Å². The predicted octanol–water partition coefficient (Wildman–Crippen LogP) is 9.08. The Morgan fingerprint density at radius 1 is 0.818 bits per heavy atom. The second-order valence-electron chi connectivity index (χ2n) is 8.93. The van der Waals surface area contributed by atoms with Gasteiger partial charge in [0.1, 0.15) is 5.75 Å². The van der Waals surface area contributed by atoms with Gasteiger partial charge in [0.25, 0.3) is 6.17 Å². The summed E-state index contributed by atoms with van der Waals surface area (Å²) in [6.07, 6.45) is -5.02. The number of alkyl halides is 6. The van der Waals surface area contributed by atoms with E-state index in [9.17, 15) is 26.3 Å². The van der Waals surface area contributed by atoms with E-state index in [4.69, 9.17) is 0 Å². The summed E-state index contributed by atoms with van der Waals surface area (Å²) in [7, 11) is 0. The van der Waals surface area contributed by atoms with Crippen molar-refractivity contribution in [2.45, 2.75) is 82.7 Å². The van der Waals surface area contributed by atoms with Crippen molar-refractivity contribution in [1.29, 1.82) is 0 Å². The first-order valence-corrected chi connectivity index (χ1v) is 11.6. The minimum Gasteiger partial charge on any atom is -0.430 e. The maximum absolute atomic E-state index is 13.4. The van der Waals surface area contributed by atoms with Crippen LogP contribution >= 0.6 is 0 Å². The molecule has 2 aromatic rings. The third kappa shape index (κ3) is 6.90. The molecule has 1 saturated carbocycles. The topological polar surface area (TPSA) is 9.23 Å². The lowest BCUT2D eigenvalue weighted by Gasteiger charge is -2.29. The number of hydrogen-bond acceptors (Lipinski definition) is 1. The molecule has 1 aliphatic rings. The number of unbranched alkanes of at least 4 members (excludes halogenated alkanes) is 2. The summed E-state index contributed by atoms with van der Waals surface area (Å²) in [5.74, 6) is 0.841. The van der Waals surface area contributed by atoms with Crippen LogP contribution in [0.2, 0.25) is 0 Å². The van der Waals surface area contributed by atoms with Crippen molar-refractivity contribution in [2.24, 2.45) is 5.92 Å². The zero-order chi connectivity index (χ0) is 24.1. The number of halogens is 6. The van der Waals surface area contributed by atoms with E-state index in [1.165, 1.54) is 69.1 Å². The van der Waals surface area contributed by atoms with E-state index in [-0.39, 0.29) is 0 Å². The minimum absolute atomic E-state index is 0.539. The van der Waals surface area contributed by atoms with Crippen molar-refractivity contribution in [3.05, 3.63) is 54.1 Å². The van der Waals surface area contributed by atoms with Gasteiger partial charge in [-0.3, -0.25) is 0 Å². The third-order valence-electron chi connectivity index (χ3n) is 6.47. The van der Waals surface area contributed by atoms with Crippen LogP contribution in [-0.2, 0) is 0 Å². The van der Waals surface area contributed by atoms with Crippen LogP contribution in [-0.4, -0.2) is 18.5 Å². The van der Waals surface area contributed by atoms with Gasteiger partial charge in [0.2, 0.25) is 0 Å². The molecule has 0 bridgehead atoms. The lowest BCUT2D eigenvalue weighted by molar-refractivity contribution is -0.304. The van der Waals surface area contributed by atoms with Crippen LogP contribution < -0.4 is 4.74 Å². The Kier molecular flexibility index (Phi) is 8.35. The second-order valence-corrected chi connectivity index (χ2v) is 8.93. The second kappa shape index (κ2) is 10.8. The van der Waals surface area contributed by atoms with Crippen molar-refractivity contribution in [1.82, 2.24) is 0 Å². The quantitative estimate of drug-likeness (QED) is 0.261. The summed E-state index contributed by atoms with van der Waals surface area (Å²) in [5, 5.41) is 0. The van der Waals surface area contributed by atoms with Gasteiger partial charge < -0.3 is 4.74 Å². The normalized spacial score (nSPS) is 20.5. The van der Waals surface area contributed by atoms with Gasteiger partial charge >= 0.3 is 12.3 Å². The lowest BCUT2D eigenvalue weighted by Crippen LogP contribution is -2.45. The van der Waals surface area contributed by atoms with Gasteiger partial charge in [-0.2, -0.15) is 22.0 Å². The van der Waals surface area contributed by atoms with Crippen LogP contribution in [0, 0.1) is 5.92 Å². The van der Waals surface area contributed by atoms with Crippen LogP contribution in [0.3, 0.4) is 0 Å². The highest BCUT2D eigenvalue weighted by Gasteiger charge is 2.59. The summed E-state index contributed by atoms with van der Waals surface area (Å²) in [5.41, 5.74) is 2.83. The average Bonchev–Trinajstić information content (AvgIpc) is 2.79. The first-order chi connectivity index (χ1) is 15.6. The standard InChI is InChI=1S/C26H30F6O/c1-2-3-4-5-18-6-8-19(9-7-18)20-10-12-21(13-11-20)22-14-16-23(17-15-22)33-26(31,32)24(27)25(28,29)30/h10-19,24H,2-9H2,1H3. The van der Waals surface area contributed by atoms with E-state index in [2.05, 4.69) is 23.8 Å². The smallest absolute Gasteiger partial charge is 0.430 e. The molecular weight excluding hydrogens is 442 g/mol. The Bertz CT molecular complexity index is 852. The monoisotopic (exact) mass is 472 g/mol. The fourth-order valence-electron chi connectivity index (χ4n) is 4.53. The molecule has 33 heavy (non-hydrogen) atoms. The van der Waals surface area contributed by atoms with E-state index in [0.29, 0.717) is 11.5 Å². The first kappa shape index (κ1) is 25.4. The molecule has 2 aromatic carbocycles. The maximum Gasteiger partial charge on any atom is 0.439 e. The minimum atomic E-state index is -5.71. The summed E-state index contributed by atoms with van der Waals surface area (Å²) in [4.78, 5) is 0. The van der Waals surface area contributed by atoms with Crippen molar-refractivity contribution >= 4 is 0 Å². The van der Waals surface area contributed by atoms with E-state index >= 15 is 0 Å². The van der Waals surface area contributed by atoms with Crippen molar-refractivity contribution < 1.29 is 31.1 Å². The van der Waals surface area contributed by atoms with E-state index in [1.807, 2.05) is 12.1 Å². The van der Waals surface area contributed by atoms with Gasteiger partial charge in [0, 0.05) is 0 Å². The molecule has 182 valence electrons.